The van der Waals surface area contributed by atoms with Gasteiger partial charge in [-0.3, -0.25) is 14.4 Å². The topological polar surface area (TPSA) is 75.7 Å². The van der Waals surface area contributed by atoms with E-state index in [1.807, 2.05) is 0 Å². The van der Waals surface area contributed by atoms with Crippen molar-refractivity contribution in [3.8, 4) is 0 Å². The van der Waals surface area contributed by atoms with Crippen LogP contribution >= 0.6 is 0 Å². The van der Waals surface area contributed by atoms with Gasteiger partial charge in [0.2, 0.25) is 11.8 Å². The van der Waals surface area contributed by atoms with Crippen molar-refractivity contribution < 1.29 is 19.1 Å². The number of carbonyl (C=O) groups excluding carboxylic acids is 3. The Morgan fingerprint density at radius 2 is 1.95 bits per heavy atom. The highest BCUT2D eigenvalue weighted by atomic mass is 16.5. The minimum Gasteiger partial charge on any atom is -0.466 e. The van der Waals surface area contributed by atoms with Crippen LogP contribution in [0.15, 0.2) is 0 Å². The second kappa shape index (κ2) is 7.43. The van der Waals surface area contributed by atoms with E-state index < -0.39 is 5.41 Å². The zero-order chi connectivity index (χ0) is 16.0. The van der Waals surface area contributed by atoms with Crippen LogP contribution in [0.5, 0.6) is 0 Å². The van der Waals surface area contributed by atoms with Gasteiger partial charge in [0.15, 0.2) is 0 Å². The van der Waals surface area contributed by atoms with Gasteiger partial charge < -0.3 is 15.0 Å². The second-order valence-electron chi connectivity index (χ2n) is 6.36. The van der Waals surface area contributed by atoms with Gasteiger partial charge in [0.05, 0.1) is 19.1 Å². The van der Waals surface area contributed by atoms with Crippen LogP contribution in [-0.4, -0.2) is 48.9 Å². The summed E-state index contributed by atoms with van der Waals surface area (Å²) in [7, 11) is 0. The molecule has 6 nitrogen and oxygen atoms in total. The fourth-order valence-electron chi connectivity index (χ4n) is 2.19. The van der Waals surface area contributed by atoms with E-state index in [1.54, 1.807) is 32.6 Å². The lowest BCUT2D eigenvalue weighted by Crippen LogP contribution is -2.48. The lowest BCUT2D eigenvalue weighted by atomic mass is 9.95. The smallest absolute Gasteiger partial charge is 0.310 e. The molecule has 1 atom stereocenters. The lowest BCUT2D eigenvalue weighted by molar-refractivity contribution is -0.151. The van der Waals surface area contributed by atoms with Crippen molar-refractivity contribution in [3.05, 3.63) is 0 Å². The maximum atomic E-state index is 12.1. The summed E-state index contributed by atoms with van der Waals surface area (Å²) < 4.78 is 5.01. The molecule has 0 aliphatic carbocycles. The average molecular weight is 298 g/mol. The van der Waals surface area contributed by atoms with E-state index in [0.717, 1.165) is 12.8 Å². The Hall–Kier alpha value is -1.59. The molecule has 2 amide bonds. The van der Waals surface area contributed by atoms with Crippen molar-refractivity contribution in [2.24, 2.45) is 11.3 Å². The van der Waals surface area contributed by atoms with Crippen LogP contribution in [0, 0.1) is 11.3 Å². The van der Waals surface area contributed by atoms with E-state index in [-0.39, 0.29) is 30.2 Å². The van der Waals surface area contributed by atoms with Crippen molar-refractivity contribution in [1.82, 2.24) is 10.2 Å². The van der Waals surface area contributed by atoms with E-state index in [0.29, 0.717) is 19.7 Å². The molecule has 1 saturated heterocycles. The normalized spacial score (nSPS) is 19.0. The Morgan fingerprint density at radius 3 is 2.52 bits per heavy atom. The zero-order valence-corrected chi connectivity index (χ0v) is 13.4. The summed E-state index contributed by atoms with van der Waals surface area (Å²) in [5, 5.41) is 2.64. The SMILES string of the molecule is CCOC(=O)C1CCCN(C(=O)CNC(=O)C(C)(C)C)C1. The molecule has 21 heavy (non-hydrogen) atoms. The number of likely N-dealkylation sites (tertiary alicyclic amines) is 1. The quantitative estimate of drug-likeness (QED) is 0.784. The number of carbonyl (C=O) groups is 3. The Kier molecular flexibility index (Phi) is 6.18. The van der Waals surface area contributed by atoms with Gasteiger partial charge in [0, 0.05) is 18.5 Å². The van der Waals surface area contributed by atoms with Crippen molar-refractivity contribution >= 4 is 17.8 Å². The first-order valence-electron chi connectivity index (χ1n) is 7.48. The van der Waals surface area contributed by atoms with Gasteiger partial charge in [-0.1, -0.05) is 20.8 Å². The van der Waals surface area contributed by atoms with Crippen LogP contribution in [0.4, 0.5) is 0 Å². The Labute approximate surface area is 126 Å². The van der Waals surface area contributed by atoms with Crippen molar-refractivity contribution in [2.45, 2.75) is 40.5 Å². The summed E-state index contributed by atoms with van der Waals surface area (Å²) in [5.41, 5.74) is -0.518. The summed E-state index contributed by atoms with van der Waals surface area (Å²) in [6.45, 7) is 8.49. The summed E-state index contributed by atoms with van der Waals surface area (Å²) in [6.07, 6.45) is 1.53. The highest BCUT2D eigenvalue weighted by Crippen LogP contribution is 2.18. The Bertz CT molecular complexity index is 401. The second-order valence-corrected chi connectivity index (χ2v) is 6.36. The largest absolute Gasteiger partial charge is 0.466 e. The molecule has 1 rings (SSSR count). The number of rotatable bonds is 4. The standard InChI is InChI=1S/C15H26N2O4/c1-5-21-13(19)11-7-6-8-17(10-11)12(18)9-16-14(20)15(2,3)4/h11H,5-10H2,1-4H3,(H,16,20). The number of nitrogens with zero attached hydrogens (tertiary/aromatic N) is 1. The van der Waals surface area contributed by atoms with Crippen molar-refractivity contribution in [1.29, 1.82) is 0 Å². The highest BCUT2D eigenvalue weighted by Gasteiger charge is 2.30. The van der Waals surface area contributed by atoms with E-state index in [4.69, 9.17) is 4.74 Å². The maximum absolute atomic E-state index is 12.1. The van der Waals surface area contributed by atoms with Gasteiger partial charge in [0.1, 0.15) is 0 Å². The molecule has 1 unspecified atom stereocenters. The number of piperidine rings is 1. The molecule has 1 aliphatic rings. The van der Waals surface area contributed by atoms with Crippen molar-refractivity contribution in [2.75, 3.05) is 26.2 Å². The van der Waals surface area contributed by atoms with E-state index in [1.165, 1.54) is 0 Å². The van der Waals surface area contributed by atoms with Crippen LogP contribution < -0.4 is 5.32 Å². The van der Waals surface area contributed by atoms with Crippen LogP contribution in [0.3, 0.4) is 0 Å². The fraction of sp³-hybridized carbons (Fsp3) is 0.800. The third-order valence-corrected chi connectivity index (χ3v) is 3.48. The molecular formula is C15H26N2O4. The molecule has 120 valence electrons. The highest BCUT2D eigenvalue weighted by molar-refractivity contribution is 5.87. The minimum absolute atomic E-state index is 0.0222. The van der Waals surface area contributed by atoms with Gasteiger partial charge >= 0.3 is 5.97 Å². The predicted octanol–water partition coefficient (Wildman–Crippen LogP) is 0.950. The molecule has 0 radical (unpaired) electrons. The monoisotopic (exact) mass is 298 g/mol. The summed E-state index contributed by atoms with van der Waals surface area (Å²) in [4.78, 5) is 37.2. The fourth-order valence-corrected chi connectivity index (χ4v) is 2.19. The number of hydrogen-bond donors (Lipinski definition) is 1. The molecule has 1 heterocycles. The van der Waals surface area contributed by atoms with E-state index in [2.05, 4.69) is 5.32 Å². The third kappa shape index (κ3) is 5.36. The number of ether oxygens (including phenoxy) is 1. The Balaban J connectivity index is 2.47. The van der Waals surface area contributed by atoms with Crippen LogP contribution in [0.2, 0.25) is 0 Å². The first-order chi connectivity index (χ1) is 9.75. The molecule has 0 spiro atoms. The van der Waals surface area contributed by atoms with Gasteiger partial charge in [-0.2, -0.15) is 0 Å². The van der Waals surface area contributed by atoms with Crippen molar-refractivity contribution in [3.63, 3.8) is 0 Å². The summed E-state index contributed by atoms with van der Waals surface area (Å²) in [6, 6.07) is 0. The number of nitrogens with one attached hydrogen (secondary N) is 1. The molecule has 0 aromatic rings. The molecule has 0 aromatic carbocycles. The molecule has 1 fully saturated rings. The summed E-state index contributed by atoms with van der Waals surface area (Å²) in [5.74, 6) is -0.800. The van der Waals surface area contributed by atoms with Gasteiger partial charge in [0.25, 0.3) is 0 Å². The summed E-state index contributed by atoms with van der Waals surface area (Å²) >= 11 is 0. The number of esters is 1. The van der Waals surface area contributed by atoms with Gasteiger partial charge in [-0.05, 0) is 19.8 Å². The van der Waals surface area contributed by atoms with Crippen LogP contribution in [0.1, 0.15) is 40.5 Å². The molecule has 0 bridgehead atoms. The third-order valence-electron chi connectivity index (χ3n) is 3.48. The first-order valence-corrected chi connectivity index (χ1v) is 7.48. The molecule has 6 heteroatoms. The maximum Gasteiger partial charge on any atom is 0.310 e. The predicted molar refractivity (Wildman–Crippen MR) is 78.4 cm³/mol. The average Bonchev–Trinajstić information content (AvgIpc) is 2.43. The Morgan fingerprint density at radius 1 is 1.29 bits per heavy atom. The van der Waals surface area contributed by atoms with E-state index in [9.17, 15) is 14.4 Å². The number of hydrogen-bond acceptors (Lipinski definition) is 4. The zero-order valence-electron chi connectivity index (χ0n) is 13.4. The number of amides is 2. The first kappa shape index (κ1) is 17.5. The van der Waals surface area contributed by atoms with Crippen LogP contribution in [0.25, 0.3) is 0 Å². The lowest BCUT2D eigenvalue weighted by Gasteiger charge is -2.31. The molecule has 0 aromatic heterocycles. The van der Waals surface area contributed by atoms with Gasteiger partial charge in [-0.25, -0.2) is 0 Å². The van der Waals surface area contributed by atoms with E-state index >= 15 is 0 Å². The molecular weight excluding hydrogens is 272 g/mol. The molecule has 1 N–H and O–H groups in total. The van der Waals surface area contributed by atoms with Crippen LogP contribution in [-0.2, 0) is 19.1 Å². The minimum atomic E-state index is -0.518. The molecule has 0 saturated carbocycles. The molecule has 1 aliphatic heterocycles. The van der Waals surface area contributed by atoms with Gasteiger partial charge in [-0.15, -0.1) is 0 Å².